The van der Waals surface area contributed by atoms with Crippen molar-refractivity contribution in [1.29, 1.82) is 0 Å². The zero-order valence-electron chi connectivity index (χ0n) is 12.4. The molecule has 0 atom stereocenters. The summed E-state index contributed by atoms with van der Waals surface area (Å²) in [4.78, 5) is 0. The first kappa shape index (κ1) is 14.4. The van der Waals surface area contributed by atoms with Crippen LogP contribution in [0.2, 0.25) is 0 Å². The Hall–Kier alpha value is -1.06. The van der Waals surface area contributed by atoms with Gasteiger partial charge in [0.25, 0.3) is 0 Å². The van der Waals surface area contributed by atoms with E-state index in [1.807, 2.05) is 0 Å². The minimum Gasteiger partial charge on any atom is -0.493 e. The largest absolute Gasteiger partial charge is 0.493 e. The molecule has 3 nitrogen and oxygen atoms in total. The molecular weight excluding hydrogens is 240 g/mol. The van der Waals surface area contributed by atoms with E-state index in [0.29, 0.717) is 13.2 Å². The lowest BCUT2D eigenvalue weighted by molar-refractivity contribution is -0.168. The topological polar surface area (TPSA) is 27.7 Å². The Morgan fingerprint density at radius 1 is 1.16 bits per heavy atom. The molecule has 2 rings (SSSR count). The van der Waals surface area contributed by atoms with Crippen molar-refractivity contribution in [3.63, 3.8) is 0 Å². The second-order valence-electron chi connectivity index (χ2n) is 5.11. The normalized spacial score (nSPS) is 17.7. The lowest BCUT2D eigenvalue weighted by Crippen LogP contribution is -2.27. The quantitative estimate of drug-likeness (QED) is 0.811. The zero-order valence-corrected chi connectivity index (χ0v) is 12.4. The van der Waals surface area contributed by atoms with E-state index in [4.69, 9.17) is 14.2 Å². The average Bonchev–Trinajstić information content (AvgIpc) is 2.87. The van der Waals surface area contributed by atoms with Crippen LogP contribution >= 0.6 is 0 Å². The number of ether oxygens (including phenoxy) is 3. The van der Waals surface area contributed by atoms with Gasteiger partial charge >= 0.3 is 0 Å². The molecule has 1 aliphatic heterocycles. The van der Waals surface area contributed by atoms with Crippen LogP contribution in [0, 0.1) is 13.8 Å². The molecule has 1 saturated heterocycles. The minimum atomic E-state index is -0.625. The van der Waals surface area contributed by atoms with E-state index in [9.17, 15) is 0 Å². The van der Waals surface area contributed by atoms with E-state index in [1.165, 1.54) is 5.56 Å². The minimum absolute atomic E-state index is 0.625. The summed E-state index contributed by atoms with van der Waals surface area (Å²) in [6, 6.07) is 4.28. The predicted molar refractivity (Wildman–Crippen MR) is 75.6 cm³/mol. The summed E-state index contributed by atoms with van der Waals surface area (Å²) in [5, 5.41) is 0. The lowest BCUT2D eigenvalue weighted by Gasteiger charge is -2.29. The Labute approximate surface area is 115 Å². The third-order valence-electron chi connectivity index (χ3n) is 3.50. The van der Waals surface area contributed by atoms with Crippen molar-refractivity contribution in [3.8, 4) is 5.75 Å². The molecule has 106 valence electrons. The highest BCUT2D eigenvalue weighted by Gasteiger charge is 2.39. The predicted octanol–water partition coefficient (Wildman–Crippen LogP) is 3.70. The fourth-order valence-electron chi connectivity index (χ4n) is 2.64. The molecule has 1 aromatic rings. The van der Waals surface area contributed by atoms with Crippen molar-refractivity contribution in [2.45, 2.75) is 46.3 Å². The Kier molecular flexibility index (Phi) is 4.48. The van der Waals surface area contributed by atoms with Crippen LogP contribution in [-0.4, -0.2) is 19.8 Å². The van der Waals surface area contributed by atoms with Gasteiger partial charge in [0.1, 0.15) is 5.75 Å². The number of hydrogen-bond donors (Lipinski definition) is 0. The first-order chi connectivity index (χ1) is 9.13. The Morgan fingerprint density at radius 2 is 1.84 bits per heavy atom. The smallest absolute Gasteiger partial charge is 0.198 e. The van der Waals surface area contributed by atoms with Crippen LogP contribution in [-0.2, 0) is 15.3 Å². The summed E-state index contributed by atoms with van der Waals surface area (Å²) >= 11 is 0. The van der Waals surface area contributed by atoms with Crippen LogP contribution in [0.3, 0.4) is 0 Å². The highest BCUT2D eigenvalue weighted by molar-refractivity contribution is 5.46. The van der Waals surface area contributed by atoms with Crippen LogP contribution in [0.15, 0.2) is 12.1 Å². The van der Waals surface area contributed by atoms with Gasteiger partial charge in [-0.3, -0.25) is 0 Å². The van der Waals surface area contributed by atoms with Gasteiger partial charge in [-0.1, -0.05) is 25.5 Å². The molecule has 0 bridgehead atoms. The first-order valence-electron chi connectivity index (χ1n) is 7.15. The summed E-state index contributed by atoms with van der Waals surface area (Å²) in [6.07, 6.45) is 1.78. The number of rotatable bonds is 5. The molecule has 0 radical (unpaired) electrons. The molecule has 3 heteroatoms. The molecule has 0 saturated carbocycles. The van der Waals surface area contributed by atoms with E-state index >= 15 is 0 Å². The van der Waals surface area contributed by atoms with Crippen molar-refractivity contribution in [1.82, 2.24) is 0 Å². The van der Waals surface area contributed by atoms with Crippen molar-refractivity contribution >= 4 is 0 Å². The molecule has 1 aliphatic rings. The lowest BCUT2D eigenvalue weighted by atomic mass is 9.97. The SMILES string of the molecule is CCCOc1c(C)cc(C)cc1C1(CC)OCCO1. The van der Waals surface area contributed by atoms with Crippen LogP contribution in [0.1, 0.15) is 43.4 Å². The molecule has 0 aromatic heterocycles. The molecule has 0 spiro atoms. The molecule has 19 heavy (non-hydrogen) atoms. The maximum absolute atomic E-state index is 5.95. The highest BCUT2D eigenvalue weighted by atomic mass is 16.7. The molecule has 1 heterocycles. The maximum Gasteiger partial charge on any atom is 0.198 e. The van der Waals surface area contributed by atoms with E-state index in [1.54, 1.807) is 0 Å². The van der Waals surface area contributed by atoms with Crippen LogP contribution in [0.4, 0.5) is 0 Å². The average molecular weight is 264 g/mol. The summed E-state index contributed by atoms with van der Waals surface area (Å²) in [5.41, 5.74) is 3.40. The van der Waals surface area contributed by atoms with Gasteiger partial charge in [-0.15, -0.1) is 0 Å². The highest BCUT2D eigenvalue weighted by Crippen LogP contribution is 2.41. The van der Waals surface area contributed by atoms with E-state index in [0.717, 1.165) is 36.3 Å². The number of hydrogen-bond acceptors (Lipinski definition) is 3. The van der Waals surface area contributed by atoms with Gasteiger partial charge < -0.3 is 14.2 Å². The zero-order chi connectivity index (χ0) is 13.9. The molecular formula is C16H24O3. The second-order valence-corrected chi connectivity index (χ2v) is 5.11. The molecule has 0 N–H and O–H groups in total. The van der Waals surface area contributed by atoms with Gasteiger partial charge in [0.05, 0.1) is 25.4 Å². The van der Waals surface area contributed by atoms with Gasteiger partial charge in [0, 0.05) is 6.42 Å². The summed E-state index contributed by atoms with van der Waals surface area (Å²) in [5.74, 6) is 0.302. The number of aryl methyl sites for hydroxylation is 2. The third-order valence-corrected chi connectivity index (χ3v) is 3.50. The van der Waals surface area contributed by atoms with Crippen LogP contribution in [0.5, 0.6) is 5.75 Å². The summed E-state index contributed by atoms with van der Waals surface area (Å²) in [7, 11) is 0. The summed E-state index contributed by atoms with van der Waals surface area (Å²) < 4.78 is 17.8. The van der Waals surface area contributed by atoms with Gasteiger partial charge in [-0.25, -0.2) is 0 Å². The molecule has 0 amide bonds. The first-order valence-corrected chi connectivity index (χ1v) is 7.15. The van der Waals surface area contributed by atoms with Crippen LogP contribution in [0.25, 0.3) is 0 Å². The monoisotopic (exact) mass is 264 g/mol. The van der Waals surface area contributed by atoms with E-state index < -0.39 is 5.79 Å². The van der Waals surface area contributed by atoms with Gasteiger partial charge in [-0.2, -0.15) is 0 Å². The molecule has 1 fully saturated rings. The molecule has 1 aromatic carbocycles. The standard InChI is InChI=1S/C16H24O3/c1-5-7-17-15-13(4)10-12(3)11-14(15)16(6-2)18-8-9-19-16/h10-11H,5-9H2,1-4H3. The fourth-order valence-corrected chi connectivity index (χ4v) is 2.64. The van der Waals surface area contributed by atoms with Crippen molar-refractivity contribution in [3.05, 3.63) is 28.8 Å². The van der Waals surface area contributed by atoms with E-state index in [2.05, 4.69) is 39.8 Å². The fraction of sp³-hybridized carbons (Fsp3) is 0.625. The summed E-state index contributed by atoms with van der Waals surface area (Å²) in [6.45, 7) is 10.4. The maximum atomic E-state index is 5.95. The van der Waals surface area contributed by atoms with E-state index in [-0.39, 0.29) is 0 Å². The third kappa shape index (κ3) is 2.77. The Balaban J connectivity index is 2.47. The second kappa shape index (κ2) is 5.93. The van der Waals surface area contributed by atoms with Crippen molar-refractivity contribution in [2.24, 2.45) is 0 Å². The molecule has 0 unspecified atom stereocenters. The number of benzene rings is 1. The van der Waals surface area contributed by atoms with Gasteiger partial charge in [0.2, 0.25) is 0 Å². The van der Waals surface area contributed by atoms with Gasteiger partial charge in [0.15, 0.2) is 5.79 Å². The van der Waals surface area contributed by atoms with Crippen molar-refractivity contribution < 1.29 is 14.2 Å². The van der Waals surface area contributed by atoms with Crippen LogP contribution < -0.4 is 4.74 Å². The van der Waals surface area contributed by atoms with Crippen molar-refractivity contribution in [2.75, 3.05) is 19.8 Å². The Morgan fingerprint density at radius 3 is 2.42 bits per heavy atom. The van der Waals surface area contributed by atoms with Gasteiger partial charge in [-0.05, 0) is 31.9 Å². The Bertz CT molecular complexity index is 434. The molecule has 0 aliphatic carbocycles.